The standard InChI is InChI=1S/C17H23N5O4.ClH/c1-19-15-14(16(24)20(2)17(19)25)21(9-18-15)4-5-22-10-6-11(23)8-12(22)13(7-10)26-3;/h9-10,12-13H,4-8H2,1-3H3;1H. The number of Topliss-reactive ketones (excluding diaryl/α,β-unsaturated/α-hetero) is 1. The lowest BCUT2D eigenvalue weighted by Crippen LogP contribution is -3.19. The molecule has 2 aromatic heterocycles. The van der Waals surface area contributed by atoms with Gasteiger partial charge in [-0.15, -0.1) is 0 Å². The summed E-state index contributed by atoms with van der Waals surface area (Å²) in [6.45, 7) is 1.40. The quantitative estimate of drug-likeness (QED) is 0.557. The Bertz CT molecular complexity index is 994. The number of carbonyl (C=O) groups excluding carboxylic acids is 1. The first-order valence-electron chi connectivity index (χ1n) is 8.93. The van der Waals surface area contributed by atoms with Gasteiger partial charge in [0.25, 0.3) is 5.56 Å². The van der Waals surface area contributed by atoms with E-state index in [4.69, 9.17) is 4.74 Å². The van der Waals surface area contributed by atoms with Crippen LogP contribution in [-0.4, -0.2) is 56.3 Å². The monoisotopic (exact) mass is 397 g/mol. The Morgan fingerprint density at radius 3 is 2.67 bits per heavy atom. The molecule has 2 saturated heterocycles. The maximum Gasteiger partial charge on any atom is 0.332 e. The molecule has 10 heteroatoms. The molecule has 0 aromatic carbocycles. The highest BCUT2D eigenvalue weighted by Gasteiger charge is 2.50. The van der Waals surface area contributed by atoms with Crippen LogP contribution in [0.3, 0.4) is 0 Å². The number of halogens is 1. The molecule has 9 nitrogen and oxygen atoms in total. The molecule has 2 bridgehead atoms. The summed E-state index contributed by atoms with van der Waals surface area (Å²) >= 11 is 0. The number of hydrogen-bond donors (Lipinski definition) is 1. The van der Waals surface area contributed by atoms with E-state index in [1.807, 2.05) is 4.57 Å². The van der Waals surface area contributed by atoms with Crippen LogP contribution in [0.25, 0.3) is 11.2 Å². The second-order valence-electron chi connectivity index (χ2n) is 7.40. The van der Waals surface area contributed by atoms with Crippen LogP contribution < -0.4 is 28.6 Å². The van der Waals surface area contributed by atoms with Crippen molar-refractivity contribution in [3.8, 4) is 0 Å². The fraction of sp³-hybridized carbons (Fsp3) is 0.647. The number of imidazole rings is 1. The van der Waals surface area contributed by atoms with Crippen LogP contribution in [0.1, 0.15) is 19.3 Å². The first-order valence-corrected chi connectivity index (χ1v) is 8.93. The Morgan fingerprint density at radius 1 is 1.22 bits per heavy atom. The van der Waals surface area contributed by atoms with E-state index in [-0.39, 0.29) is 41.8 Å². The molecule has 2 aliphatic rings. The van der Waals surface area contributed by atoms with E-state index >= 15 is 0 Å². The SMILES string of the molecule is COC1CC2CC(=O)CC1[NH+]2CCn1cnc2c1c(=O)n(C)c(=O)n2C.[Cl-]. The number of aromatic nitrogens is 4. The highest BCUT2D eigenvalue weighted by Crippen LogP contribution is 2.22. The number of fused-ring (bicyclic) bond motifs is 3. The van der Waals surface area contributed by atoms with Crippen LogP contribution in [0.15, 0.2) is 15.9 Å². The molecule has 2 aliphatic heterocycles. The number of ketones is 1. The van der Waals surface area contributed by atoms with Crippen molar-refractivity contribution >= 4 is 16.9 Å². The highest BCUT2D eigenvalue weighted by atomic mass is 35.5. The number of rotatable bonds is 4. The van der Waals surface area contributed by atoms with Gasteiger partial charge in [0.05, 0.1) is 38.3 Å². The van der Waals surface area contributed by atoms with Crippen LogP contribution in [0, 0.1) is 0 Å². The minimum atomic E-state index is -0.381. The number of piperidine rings is 1. The van der Waals surface area contributed by atoms with Gasteiger partial charge in [-0.25, -0.2) is 9.78 Å². The topological polar surface area (TPSA) is 92.6 Å². The molecule has 0 aliphatic carbocycles. The second kappa shape index (κ2) is 7.21. The fourth-order valence-electron chi connectivity index (χ4n) is 4.68. The van der Waals surface area contributed by atoms with Crippen LogP contribution in [0.4, 0.5) is 0 Å². The van der Waals surface area contributed by atoms with Crippen LogP contribution in [0.5, 0.6) is 0 Å². The molecule has 0 radical (unpaired) electrons. The predicted octanol–water partition coefficient (Wildman–Crippen LogP) is -5.16. The zero-order valence-electron chi connectivity index (χ0n) is 15.6. The lowest BCUT2D eigenvalue weighted by atomic mass is 10.0. The highest BCUT2D eigenvalue weighted by molar-refractivity contribution is 5.80. The van der Waals surface area contributed by atoms with E-state index in [2.05, 4.69) is 4.98 Å². The second-order valence-corrected chi connectivity index (χ2v) is 7.40. The molecule has 0 spiro atoms. The van der Waals surface area contributed by atoms with E-state index < -0.39 is 0 Å². The van der Waals surface area contributed by atoms with Gasteiger partial charge in [-0.2, -0.15) is 0 Å². The molecule has 27 heavy (non-hydrogen) atoms. The number of methoxy groups -OCH3 is 1. The number of carbonyl (C=O) groups is 1. The largest absolute Gasteiger partial charge is 1.00 e. The van der Waals surface area contributed by atoms with Crippen LogP contribution in [-0.2, 0) is 30.2 Å². The summed E-state index contributed by atoms with van der Waals surface area (Å²) in [5, 5.41) is 0. The Labute approximate surface area is 161 Å². The summed E-state index contributed by atoms with van der Waals surface area (Å²) in [7, 11) is 4.81. The van der Waals surface area contributed by atoms with E-state index in [0.717, 1.165) is 17.5 Å². The van der Waals surface area contributed by atoms with Crippen molar-refractivity contribution in [1.29, 1.82) is 0 Å². The molecule has 0 saturated carbocycles. The molecule has 148 valence electrons. The molecular formula is C17H24ClN5O4. The number of quaternary nitrogens is 1. The van der Waals surface area contributed by atoms with Gasteiger partial charge in [-0.3, -0.25) is 18.7 Å². The molecule has 1 N–H and O–H groups in total. The van der Waals surface area contributed by atoms with Gasteiger partial charge >= 0.3 is 5.69 Å². The Kier molecular flexibility index (Phi) is 5.29. The van der Waals surface area contributed by atoms with Crippen molar-refractivity contribution in [2.75, 3.05) is 13.7 Å². The molecule has 2 fully saturated rings. The Hall–Kier alpha value is -1.97. The minimum Gasteiger partial charge on any atom is -1.00 e. The number of nitrogens with zero attached hydrogens (tertiary/aromatic N) is 4. The summed E-state index contributed by atoms with van der Waals surface area (Å²) in [6, 6.07) is 0.474. The Morgan fingerprint density at radius 2 is 1.96 bits per heavy atom. The molecule has 0 amide bonds. The smallest absolute Gasteiger partial charge is 0.332 e. The average molecular weight is 398 g/mol. The van der Waals surface area contributed by atoms with E-state index in [0.29, 0.717) is 36.3 Å². The minimum absolute atomic E-state index is 0. The van der Waals surface area contributed by atoms with Gasteiger partial charge in [0.15, 0.2) is 11.2 Å². The van der Waals surface area contributed by atoms with Crippen molar-refractivity contribution in [1.82, 2.24) is 18.7 Å². The van der Waals surface area contributed by atoms with Crippen molar-refractivity contribution in [2.45, 2.75) is 44.0 Å². The molecule has 2 aromatic rings. The van der Waals surface area contributed by atoms with Crippen molar-refractivity contribution in [2.24, 2.45) is 14.1 Å². The lowest BCUT2D eigenvalue weighted by Gasteiger charge is -2.31. The summed E-state index contributed by atoms with van der Waals surface area (Å²) in [5.74, 6) is 0.320. The van der Waals surface area contributed by atoms with Gasteiger partial charge in [-0.05, 0) is 0 Å². The summed E-state index contributed by atoms with van der Waals surface area (Å²) in [6.07, 6.45) is 3.81. The number of ether oxygens (including phenoxy) is 1. The average Bonchev–Trinajstić information content (AvgIpc) is 3.13. The predicted molar refractivity (Wildman–Crippen MR) is 93.3 cm³/mol. The normalized spacial score (nSPS) is 27.1. The third kappa shape index (κ3) is 3.03. The number of aryl methyl sites for hydroxylation is 1. The summed E-state index contributed by atoms with van der Waals surface area (Å²) in [5.41, 5.74) is 0.133. The maximum absolute atomic E-state index is 12.5. The first kappa shape index (κ1) is 19.8. The van der Waals surface area contributed by atoms with Crippen molar-refractivity contribution in [3.63, 3.8) is 0 Å². The zero-order chi connectivity index (χ0) is 18.6. The molecule has 4 rings (SSSR count). The van der Waals surface area contributed by atoms with Crippen LogP contribution in [0.2, 0.25) is 0 Å². The van der Waals surface area contributed by atoms with E-state index in [1.165, 1.54) is 16.5 Å². The van der Waals surface area contributed by atoms with Gasteiger partial charge in [-0.1, -0.05) is 0 Å². The molecular weight excluding hydrogens is 374 g/mol. The van der Waals surface area contributed by atoms with E-state index in [1.54, 1.807) is 20.5 Å². The maximum atomic E-state index is 12.5. The van der Waals surface area contributed by atoms with Crippen LogP contribution >= 0.6 is 0 Å². The molecule has 4 atom stereocenters. The van der Waals surface area contributed by atoms with Gasteiger partial charge < -0.3 is 26.6 Å². The third-order valence-corrected chi connectivity index (χ3v) is 6.05. The van der Waals surface area contributed by atoms with E-state index in [9.17, 15) is 14.4 Å². The number of hydrogen-bond acceptors (Lipinski definition) is 5. The summed E-state index contributed by atoms with van der Waals surface area (Å²) in [4.78, 5) is 42.1. The van der Waals surface area contributed by atoms with Crippen molar-refractivity contribution in [3.05, 3.63) is 27.2 Å². The van der Waals surface area contributed by atoms with Gasteiger partial charge in [0.1, 0.15) is 17.9 Å². The fourth-order valence-corrected chi connectivity index (χ4v) is 4.68. The zero-order valence-corrected chi connectivity index (χ0v) is 16.4. The van der Waals surface area contributed by atoms with Crippen molar-refractivity contribution < 1.29 is 26.8 Å². The first-order chi connectivity index (χ1) is 12.4. The third-order valence-electron chi connectivity index (χ3n) is 6.05. The van der Waals surface area contributed by atoms with Gasteiger partial charge in [0.2, 0.25) is 0 Å². The molecule has 4 heterocycles. The lowest BCUT2D eigenvalue weighted by molar-refractivity contribution is -0.939. The Balaban J connectivity index is 0.00000210. The van der Waals surface area contributed by atoms with Gasteiger partial charge in [0, 0.05) is 27.6 Å². The molecule has 4 unspecified atom stereocenters. The number of nitrogens with one attached hydrogen (secondary N) is 1. The summed E-state index contributed by atoms with van der Waals surface area (Å²) < 4.78 is 9.91.